The molecule has 0 fully saturated rings. The van der Waals surface area contributed by atoms with Crippen LogP contribution in [0.1, 0.15) is 30.1 Å². The average Bonchev–Trinajstić information content (AvgIpc) is 2.29. The molecule has 1 aromatic carbocycles. The van der Waals surface area contributed by atoms with E-state index in [0.29, 0.717) is 10.6 Å². The molecule has 1 N–H and O–H groups in total. The van der Waals surface area contributed by atoms with Gasteiger partial charge in [-0.15, -0.1) is 0 Å². The lowest BCUT2D eigenvalue weighted by molar-refractivity contribution is 0.106. The largest absolute Gasteiger partial charge is 0.373 e. The fraction of sp³-hybridized carbons (Fsp3) is 0.333. The number of unbranched alkanes of at least 4 members (excludes halogenated alkanes) is 1. The third-order valence-electron chi connectivity index (χ3n) is 2.06. The van der Waals surface area contributed by atoms with Crippen molar-refractivity contribution in [3.8, 4) is 0 Å². The zero-order valence-electron chi connectivity index (χ0n) is 8.82. The molecule has 0 aromatic heterocycles. The minimum absolute atomic E-state index is 0.0956. The van der Waals surface area contributed by atoms with Crippen molar-refractivity contribution < 1.29 is 4.79 Å². The summed E-state index contributed by atoms with van der Waals surface area (Å²) in [6.07, 6.45) is 2.12. The van der Waals surface area contributed by atoms with Crippen LogP contribution in [-0.4, -0.2) is 17.3 Å². The van der Waals surface area contributed by atoms with Crippen LogP contribution in [-0.2, 0) is 0 Å². The lowest BCUT2D eigenvalue weighted by atomic mass is 10.1. The molecular formula is C12H15NOS. The topological polar surface area (TPSA) is 29.1 Å². The maximum absolute atomic E-state index is 11.7. The summed E-state index contributed by atoms with van der Waals surface area (Å²) in [5.41, 5.74) is 0.645. The van der Waals surface area contributed by atoms with E-state index in [2.05, 4.69) is 12.2 Å². The van der Waals surface area contributed by atoms with Crippen molar-refractivity contribution >= 4 is 23.0 Å². The van der Waals surface area contributed by atoms with E-state index in [1.807, 2.05) is 18.2 Å². The summed E-state index contributed by atoms with van der Waals surface area (Å²) >= 11 is 5.01. The first-order chi connectivity index (χ1) is 7.25. The summed E-state index contributed by atoms with van der Waals surface area (Å²) < 4.78 is 0. The summed E-state index contributed by atoms with van der Waals surface area (Å²) in [6.45, 7) is 2.87. The number of rotatable bonds is 5. The van der Waals surface area contributed by atoms with Gasteiger partial charge >= 0.3 is 0 Å². The maximum Gasteiger partial charge on any atom is 0.219 e. The van der Waals surface area contributed by atoms with E-state index >= 15 is 0 Å². The van der Waals surface area contributed by atoms with E-state index in [1.54, 1.807) is 12.1 Å². The molecule has 0 aliphatic carbocycles. The van der Waals surface area contributed by atoms with Crippen LogP contribution in [0.15, 0.2) is 30.3 Å². The first-order valence-electron chi connectivity index (χ1n) is 5.13. The third kappa shape index (κ3) is 3.80. The predicted molar refractivity (Wildman–Crippen MR) is 66.3 cm³/mol. The first-order valence-corrected chi connectivity index (χ1v) is 5.54. The van der Waals surface area contributed by atoms with Crippen LogP contribution < -0.4 is 5.32 Å². The molecule has 0 saturated heterocycles. The summed E-state index contributed by atoms with van der Waals surface area (Å²) in [5.74, 6) is -0.0956. The lowest BCUT2D eigenvalue weighted by Gasteiger charge is -2.05. The number of hydrogen-bond donors (Lipinski definition) is 1. The van der Waals surface area contributed by atoms with Crippen LogP contribution >= 0.6 is 12.2 Å². The van der Waals surface area contributed by atoms with E-state index in [4.69, 9.17) is 12.2 Å². The molecule has 0 radical (unpaired) electrons. The van der Waals surface area contributed by atoms with Gasteiger partial charge in [-0.1, -0.05) is 55.9 Å². The average molecular weight is 221 g/mol. The number of ketones is 1. The Kier molecular flexibility index (Phi) is 4.98. The van der Waals surface area contributed by atoms with Crippen LogP contribution in [0.2, 0.25) is 0 Å². The van der Waals surface area contributed by atoms with Crippen molar-refractivity contribution in [3.05, 3.63) is 35.9 Å². The summed E-state index contributed by atoms with van der Waals surface area (Å²) in [5, 5.41) is 2.96. The predicted octanol–water partition coefficient (Wildman–Crippen LogP) is 2.59. The number of carbonyl (C=O) groups is 1. The molecule has 0 atom stereocenters. The number of thiocarbonyl (C=S) groups is 1. The molecule has 1 rings (SSSR count). The Balaban J connectivity index is 2.50. The molecule has 0 spiro atoms. The van der Waals surface area contributed by atoms with Crippen molar-refractivity contribution in [2.24, 2.45) is 0 Å². The second kappa shape index (κ2) is 6.30. The second-order valence-electron chi connectivity index (χ2n) is 3.30. The minimum atomic E-state index is -0.0956. The Morgan fingerprint density at radius 3 is 2.60 bits per heavy atom. The van der Waals surface area contributed by atoms with E-state index < -0.39 is 0 Å². The number of Topliss-reactive ketones (excluding diaryl/α,β-unsaturated/α-hetero) is 1. The molecule has 0 unspecified atom stereocenters. The van der Waals surface area contributed by atoms with Gasteiger partial charge in [-0.2, -0.15) is 0 Å². The van der Waals surface area contributed by atoms with Gasteiger partial charge in [-0.25, -0.2) is 0 Å². The number of benzene rings is 1. The summed E-state index contributed by atoms with van der Waals surface area (Å²) in [6, 6.07) is 9.10. The Bertz CT molecular complexity index is 335. The molecule has 0 aliphatic rings. The van der Waals surface area contributed by atoms with Crippen molar-refractivity contribution in [1.29, 1.82) is 0 Å². The molecule has 3 heteroatoms. The smallest absolute Gasteiger partial charge is 0.219 e. The third-order valence-corrected chi connectivity index (χ3v) is 2.39. The highest BCUT2D eigenvalue weighted by molar-refractivity contribution is 7.82. The lowest BCUT2D eigenvalue weighted by Crippen LogP contribution is -2.29. The second-order valence-corrected chi connectivity index (χ2v) is 3.71. The Labute approximate surface area is 95.7 Å². The molecule has 2 nitrogen and oxygen atoms in total. The fourth-order valence-electron chi connectivity index (χ4n) is 1.18. The van der Waals surface area contributed by atoms with E-state index in [1.165, 1.54) is 0 Å². The summed E-state index contributed by atoms with van der Waals surface area (Å²) in [4.78, 5) is 12.0. The quantitative estimate of drug-likeness (QED) is 0.471. The highest BCUT2D eigenvalue weighted by atomic mass is 32.1. The van der Waals surface area contributed by atoms with Crippen LogP contribution in [0.5, 0.6) is 0 Å². The van der Waals surface area contributed by atoms with Gasteiger partial charge in [0, 0.05) is 12.1 Å². The monoisotopic (exact) mass is 221 g/mol. The highest BCUT2D eigenvalue weighted by Gasteiger charge is 2.10. The van der Waals surface area contributed by atoms with Gasteiger partial charge in [-0.3, -0.25) is 4.79 Å². The highest BCUT2D eigenvalue weighted by Crippen LogP contribution is 2.00. The Hall–Kier alpha value is -1.22. The number of carbonyl (C=O) groups excluding carboxylic acids is 1. The van der Waals surface area contributed by atoms with Crippen molar-refractivity contribution in [1.82, 2.24) is 5.32 Å². The van der Waals surface area contributed by atoms with Crippen molar-refractivity contribution in [2.75, 3.05) is 6.54 Å². The molecule has 0 saturated carbocycles. The maximum atomic E-state index is 11.7. The first kappa shape index (κ1) is 11.9. The molecular weight excluding hydrogens is 206 g/mol. The van der Waals surface area contributed by atoms with Gasteiger partial charge in [0.05, 0.1) is 0 Å². The summed E-state index contributed by atoms with van der Waals surface area (Å²) in [7, 11) is 0. The SMILES string of the molecule is CCCCNC(=S)C(=O)c1ccccc1. The Morgan fingerprint density at radius 1 is 1.33 bits per heavy atom. The molecule has 0 aliphatic heterocycles. The van der Waals surface area contributed by atoms with Crippen molar-refractivity contribution in [3.63, 3.8) is 0 Å². The van der Waals surface area contributed by atoms with Gasteiger partial charge in [0.15, 0.2) is 0 Å². The molecule has 80 valence electrons. The zero-order chi connectivity index (χ0) is 11.1. The van der Waals surface area contributed by atoms with E-state index in [0.717, 1.165) is 19.4 Å². The molecule has 0 heterocycles. The van der Waals surface area contributed by atoms with Gasteiger partial charge in [0.1, 0.15) is 4.99 Å². The minimum Gasteiger partial charge on any atom is -0.373 e. The van der Waals surface area contributed by atoms with Gasteiger partial charge in [0.25, 0.3) is 0 Å². The van der Waals surface area contributed by atoms with Crippen LogP contribution in [0.4, 0.5) is 0 Å². The van der Waals surface area contributed by atoms with Gasteiger partial charge in [0.2, 0.25) is 5.78 Å². The fourth-order valence-corrected chi connectivity index (χ4v) is 1.40. The van der Waals surface area contributed by atoms with E-state index in [-0.39, 0.29) is 5.78 Å². The normalized spacial score (nSPS) is 9.67. The molecule has 0 amide bonds. The van der Waals surface area contributed by atoms with Crippen LogP contribution in [0.3, 0.4) is 0 Å². The molecule has 15 heavy (non-hydrogen) atoms. The molecule has 0 bridgehead atoms. The zero-order valence-corrected chi connectivity index (χ0v) is 9.64. The van der Waals surface area contributed by atoms with Gasteiger partial charge < -0.3 is 5.32 Å². The standard InChI is InChI=1S/C12H15NOS/c1-2-3-9-13-12(15)11(14)10-7-5-4-6-8-10/h4-8H,2-3,9H2,1H3,(H,13,15). The van der Waals surface area contributed by atoms with Crippen molar-refractivity contribution in [2.45, 2.75) is 19.8 Å². The number of nitrogens with one attached hydrogen (secondary N) is 1. The van der Waals surface area contributed by atoms with Crippen LogP contribution in [0, 0.1) is 0 Å². The molecule has 1 aromatic rings. The van der Waals surface area contributed by atoms with E-state index in [9.17, 15) is 4.79 Å². The number of hydrogen-bond acceptors (Lipinski definition) is 2. The van der Waals surface area contributed by atoms with Crippen LogP contribution in [0.25, 0.3) is 0 Å². The van der Waals surface area contributed by atoms with Gasteiger partial charge in [-0.05, 0) is 6.42 Å². The Morgan fingerprint density at radius 2 is 2.00 bits per heavy atom.